The van der Waals surface area contributed by atoms with Crippen molar-refractivity contribution >= 4 is 75.3 Å². The zero-order chi connectivity index (χ0) is 24.8. The molecule has 2 amide bonds. The Bertz CT molecular complexity index is 1220. The molecule has 0 aromatic heterocycles. The summed E-state index contributed by atoms with van der Waals surface area (Å²) in [6.45, 7) is 3.37. The lowest BCUT2D eigenvalue weighted by molar-refractivity contribution is -0.384. The number of nitrogens with one attached hydrogen (secondary N) is 1. The monoisotopic (exact) mass is 540 g/mol. The fraction of sp³-hybridized carbons (Fsp3) is 0.0952. The normalized spacial score (nSPS) is 15.6. The average Bonchev–Trinajstić information content (AvgIpc) is 3.09. The van der Waals surface area contributed by atoms with Gasteiger partial charge in [0.25, 0.3) is 17.5 Å². The van der Waals surface area contributed by atoms with Gasteiger partial charge in [-0.05, 0) is 41.6 Å². The highest BCUT2D eigenvalue weighted by molar-refractivity contribution is 8.18. The van der Waals surface area contributed by atoms with Gasteiger partial charge in [-0.2, -0.15) is 0 Å². The largest absolute Gasteiger partial charge is 0.482 e. The quantitative estimate of drug-likeness (QED) is 0.163. The van der Waals surface area contributed by atoms with E-state index in [4.69, 9.17) is 39.5 Å². The Labute approximate surface area is 213 Å². The number of benzene rings is 2. The minimum absolute atomic E-state index is 0.0600. The maximum absolute atomic E-state index is 12.8. The highest BCUT2D eigenvalue weighted by Gasteiger charge is 2.33. The van der Waals surface area contributed by atoms with Gasteiger partial charge in [0.2, 0.25) is 0 Å². The molecule has 13 heteroatoms. The molecule has 0 atom stereocenters. The van der Waals surface area contributed by atoms with Crippen LogP contribution in [0.15, 0.2) is 59.1 Å². The van der Waals surface area contributed by atoms with E-state index in [0.717, 1.165) is 11.8 Å². The molecule has 1 fully saturated rings. The van der Waals surface area contributed by atoms with Gasteiger partial charge in [0.05, 0.1) is 24.9 Å². The Morgan fingerprint density at radius 1 is 1.21 bits per heavy atom. The summed E-state index contributed by atoms with van der Waals surface area (Å²) in [4.78, 5) is 36.9. The van der Waals surface area contributed by atoms with Crippen molar-refractivity contribution in [3.05, 3.63) is 84.7 Å². The van der Waals surface area contributed by atoms with Crippen molar-refractivity contribution in [2.75, 3.05) is 13.2 Å². The van der Waals surface area contributed by atoms with Gasteiger partial charge >= 0.3 is 0 Å². The molecule has 2 aromatic rings. The molecule has 1 aliphatic rings. The first-order valence-electron chi connectivity index (χ1n) is 9.40. The van der Waals surface area contributed by atoms with E-state index in [1.165, 1.54) is 47.4 Å². The number of nitro benzene ring substituents is 1. The Balaban J connectivity index is 1.69. The number of amidine groups is 1. The minimum Gasteiger partial charge on any atom is -0.482 e. The molecule has 176 valence electrons. The van der Waals surface area contributed by atoms with E-state index in [1.54, 1.807) is 6.08 Å². The van der Waals surface area contributed by atoms with E-state index >= 15 is 0 Å². The zero-order valence-corrected chi connectivity index (χ0v) is 20.2. The summed E-state index contributed by atoms with van der Waals surface area (Å²) in [6, 6.07) is 8.52. The Morgan fingerprint density at radius 2 is 1.88 bits per heavy atom. The average molecular weight is 542 g/mol. The van der Waals surface area contributed by atoms with Crippen molar-refractivity contribution in [2.24, 2.45) is 5.10 Å². The molecule has 0 spiro atoms. The maximum Gasteiger partial charge on any atom is 0.278 e. The number of amides is 2. The summed E-state index contributed by atoms with van der Waals surface area (Å²) < 4.78 is 5.35. The van der Waals surface area contributed by atoms with E-state index in [0.29, 0.717) is 10.5 Å². The van der Waals surface area contributed by atoms with Crippen molar-refractivity contribution < 1.29 is 19.2 Å². The highest BCUT2D eigenvalue weighted by atomic mass is 35.5. The second-order valence-corrected chi connectivity index (χ2v) is 8.81. The fourth-order valence-electron chi connectivity index (χ4n) is 2.63. The summed E-state index contributed by atoms with van der Waals surface area (Å²) in [5.74, 6) is -0.782. The van der Waals surface area contributed by atoms with Gasteiger partial charge < -0.3 is 4.74 Å². The molecule has 2 aromatic carbocycles. The predicted octanol–water partition coefficient (Wildman–Crippen LogP) is 5.12. The molecule has 1 heterocycles. The van der Waals surface area contributed by atoms with E-state index in [9.17, 15) is 19.7 Å². The number of ether oxygens (including phenoxy) is 1. The Kier molecular flexibility index (Phi) is 8.56. The molecule has 0 bridgehead atoms. The van der Waals surface area contributed by atoms with E-state index in [1.807, 2.05) is 0 Å². The van der Waals surface area contributed by atoms with Gasteiger partial charge in [-0.3, -0.25) is 24.6 Å². The highest BCUT2D eigenvalue weighted by Crippen LogP contribution is 2.34. The number of non-ortho nitro benzene ring substituents is 1. The molecule has 0 unspecified atom stereocenters. The summed E-state index contributed by atoms with van der Waals surface area (Å²) in [6.07, 6.45) is 3.09. The van der Waals surface area contributed by atoms with Crippen molar-refractivity contribution in [1.82, 2.24) is 10.3 Å². The summed E-state index contributed by atoms with van der Waals surface area (Å²) >= 11 is 18.8. The number of rotatable bonds is 8. The lowest BCUT2D eigenvalue weighted by Crippen LogP contribution is -2.32. The van der Waals surface area contributed by atoms with E-state index in [2.05, 4.69) is 17.1 Å². The van der Waals surface area contributed by atoms with Crippen LogP contribution >= 0.6 is 46.6 Å². The number of nitro groups is 1. The van der Waals surface area contributed by atoms with Crippen molar-refractivity contribution in [2.45, 2.75) is 0 Å². The van der Waals surface area contributed by atoms with Gasteiger partial charge in [-0.15, -0.1) is 11.7 Å². The number of carbonyl (C=O) groups excluding carboxylic acids is 2. The van der Waals surface area contributed by atoms with Crippen LogP contribution in [0, 0.1) is 10.1 Å². The Hall–Kier alpha value is -3.05. The molecule has 1 saturated heterocycles. The van der Waals surface area contributed by atoms with Crippen molar-refractivity contribution in [1.29, 1.82) is 0 Å². The molecule has 9 nitrogen and oxygen atoms in total. The van der Waals surface area contributed by atoms with Gasteiger partial charge in [0.15, 0.2) is 11.8 Å². The van der Waals surface area contributed by atoms with Crippen LogP contribution in [-0.4, -0.2) is 40.0 Å². The number of carbonyl (C=O) groups is 2. The molecule has 0 radical (unpaired) electrons. The molecule has 0 aliphatic carbocycles. The lowest BCUT2D eigenvalue weighted by atomic mass is 10.2. The number of hydrogen-bond donors (Lipinski definition) is 1. The van der Waals surface area contributed by atoms with Crippen LogP contribution in [0.2, 0.25) is 15.1 Å². The first-order chi connectivity index (χ1) is 16.2. The van der Waals surface area contributed by atoms with Crippen LogP contribution < -0.4 is 10.2 Å². The molecule has 3 rings (SSSR count). The molecule has 0 saturated carbocycles. The molecule has 34 heavy (non-hydrogen) atoms. The summed E-state index contributed by atoms with van der Waals surface area (Å²) in [5, 5.41) is 15.7. The van der Waals surface area contributed by atoms with Gasteiger partial charge in [0, 0.05) is 24.7 Å². The minimum atomic E-state index is -0.603. The molecular weight excluding hydrogens is 527 g/mol. The fourth-order valence-corrected chi connectivity index (χ4v) is 4.17. The standard InChI is InChI=1S/C21H15Cl3N4O5S/c1-2-7-27-20(30)18(8-12-3-5-13(6-4-12)28(31)32)34-21(27)26-25-19(29)11-33-17-10-15(23)14(22)9-16(17)24/h2-6,8-10H,1,7,11H2,(H,25,29)/b18-8-,26-21+. The summed E-state index contributed by atoms with van der Waals surface area (Å²) in [5.41, 5.74) is 2.86. The first kappa shape index (κ1) is 25.6. The third kappa shape index (κ3) is 6.29. The number of halogens is 3. The third-order valence-electron chi connectivity index (χ3n) is 4.21. The van der Waals surface area contributed by atoms with Crippen molar-refractivity contribution in [3.63, 3.8) is 0 Å². The predicted molar refractivity (Wildman–Crippen MR) is 133 cm³/mol. The van der Waals surface area contributed by atoms with Crippen LogP contribution in [0.3, 0.4) is 0 Å². The topological polar surface area (TPSA) is 114 Å². The van der Waals surface area contributed by atoms with Gasteiger partial charge in [-0.1, -0.05) is 40.9 Å². The molecule has 1 N–H and O–H groups in total. The zero-order valence-electron chi connectivity index (χ0n) is 17.2. The number of hydrogen-bond acceptors (Lipinski definition) is 7. The van der Waals surface area contributed by atoms with Gasteiger partial charge in [0.1, 0.15) is 5.75 Å². The van der Waals surface area contributed by atoms with Crippen LogP contribution in [0.1, 0.15) is 5.56 Å². The lowest BCUT2D eigenvalue weighted by Gasteiger charge is -2.12. The smallest absolute Gasteiger partial charge is 0.278 e. The second kappa shape index (κ2) is 11.4. The van der Waals surface area contributed by atoms with Crippen LogP contribution in [0.5, 0.6) is 5.75 Å². The molecule has 1 aliphatic heterocycles. The van der Waals surface area contributed by atoms with Crippen LogP contribution in [-0.2, 0) is 9.59 Å². The Morgan fingerprint density at radius 3 is 2.53 bits per heavy atom. The van der Waals surface area contributed by atoms with E-state index in [-0.39, 0.29) is 44.1 Å². The van der Waals surface area contributed by atoms with Crippen molar-refractivity contribution in [3.8, 4) is 5.75 Å². The maximum atomic E-state index is 12.8. The third-order valence-corrected chi connectivity index (χ3v) is 6.24. The van der Waals surface area contributed by atoms with E-state index < -0.39 is 17.4 Å². The molecular formula is C21H15Cl3N4O5S. The van der Waals surface area contributed by atoms with Crippen LogP contribution in [0.25, 0.3) is 6.08 Å². The first-order valence-corrected chi connectivity index (χ1v) is 11.3. The van der Waals surface area contributed by atoms with Gasteiger partial charge in [-0.25, -0.2) is 5.43 Å². The number of thioether (sulfide) groups is 1. The number of hydrazone groups is 1. The number of nitrogens with zero attached hydrogens (tertiary/aromatic N) is 3. The SMILES string of the molecule is C=CCN1C(=O)/C(=C/c2ccc([N+](=O)[O-])cc2)S/C1=N/NC(=O)COc1cc(Cl)c(Cl)cc1Cl. The second-order valence-electron chi connectivity index (χ2n) is 6.58. The summed E-state index contributed by atoms with van der Waals surface area (Å²) in [7, 11) is 0. The van der Waals surface area contributed by atoms with Crippen LogP contribution in [0.4, 0.5) is 5.69 Å².